The number of benzene rings is 1. The number of carbonyl (C=O) groups is 1. The molecule has 124 valence electrons. The van der Waals surface area contributed by atoms with E-state index in [9.17, 15) is 13.2 Å². The molecule has 0 saturated heterocycles. The van der Waals surface area contributed by atoms with E-state index in [2.05, 4.69) is 10.3 Å². The van der Waals surface area contributed by atoms with Gasteiger partial charge in [0.25, 0.3) is 5.91 Å². The highest BCUT2D eigenvalue weighted by atomic mass is 35.5. The van der Waals surface area contributed by atoms with Gasteiger partial charge >= 0.3 is 0 Å². The first-order chi connectivity index (χ1) is 10.6. The van der Waals surface area contributed by atoms with Crippen LogP contribution in [0, 0.1) is 13.8 Å². The first-order valence-electron chi connectivity index (χ1n) is 6.82. The second kappa shape index (κ2) is 6.35. The van der Waals surface area contributed by atoms with Crippen molar-refractivity contribution in [3.05, 3.63) is 46.2 Å². The first-order valence-corrected chi connectivity index (χ1v) is 8.63. The SMILES string of the molecule is Cc1cc(S(=O)(=O)N(C)C)cc(NC(=O)c2cc(Cl)c[nH]2)c1C. The molecule has 0 bridgehead atoms. The molecular formula is C15H18ClN3O3S. The lowest BCUT2D eigenvalue weighted by Gasteiger charge is -2.16. The average molecular weight is 356 g/mol. The summed E-state index contributed by atoms with van der Waals surface area (Å²) in [5.41, 5.74) is 2.32. The molecule has 0 saturated carbocycles. The Bertz CT molecular complexity index is 857. The highest BCUT2D eigenvalue weighted by Crippen LogP contribution is 2.26. The molecule has 1 heterocycles. The van der Waals surface area contributed by atoms with Crippen LogP contribution in [0.15, 0.2) is 29.3 Å². The summed E-state index contributed by atoms with van der Waals surface area (Å²) in [7, 11) is -0.658. The molecule has 0 aliphatic rings. The van der Waals surface area contributed by atoms with E-state index < -0.39 is 10.0 Å². The molecule has 0 radical (unpaired) electrons. The second-order valence-electron chi connectivity index (χ2n) is 5.39. The molecule has 6 nitrogen and oxygen atoms in total. The quantitative estimate of drug-likeness (QED) is 0.884. The van der Waals surface area contributed by atoms with Crippen molar-refractivity contribution < 1.29 is 13.2 Å². The molecule has 2 aromatic rings. The lowest BCUT2D eigenvalue weighted by atomic mass is 10.1. The number of anilines is 1. The Morgan fingerprint density at radius 2 is 1.87 bits per heavy atom. The van der Waals surface area contributed by atoms with Gasteiger partial charge in [-0.25, -0.2) is 12.7 Å². The van der Waals surface area contributed by atoms with Crippen molar-refractivity contribution in [1.29, 1.82) is 0 Å². The molecule has 0 spiro atoms. The van der Waals surface area contributed by atoms with Gasteiger partial charge in [-0.05, 0) is 43.2 Å². The number of aromatic amines is 1. The van der Waals surface area contributed by atoms with Crippen molar-refractivity contribution in [3.63, 3.8) is 0 Å². The van der Waals surface area contributed by atoms with Gasteiger partial charge in [0.1, 0.15) is 5.69 Å². The number of amides is 1. The Labute approximate surface area is 140 Å². The van der Waals surface area contributed by atoms with E-state index in [4.69, 9.17) is 11.6 Å². The third-order valence-corrected chi connectivity index (χ3v) is 5.57. The third kappa shape index (κ3) is 3.57. The first kappa shape index (κ1) is 17.5. The minimum Gasteiger partial charge on any atom is -0.356 e. The van der Waals surface area contributed by atoms with Crippen molar-refractivity contribution in [2.75, 3.05) is 19.4 Å². The fourth-order valence-corrected chi connectivity index (χ4v) is 3.18. The molecule has 0 aliphatic heterocycles. The van der Waals surface area contributed by atoms with Gasteiger partial charge in [0, 0.05) is 26.0 Å². The van der Waals surface area contributed by atoms with Gasteiger partial charge in [-0.1, -0.05) is 11.6 Å². The van der Waals surface area contributed by atoms with Gasteiger partial charge in [0.2, 0.25) is 10.0 Å². The summed E-state index contributed by atoms with van der Waals surface area (Å²) >= 11 is 5.79. The molecule has 0 fully saturated rings. The number of hydrogen-bond donors (Lipinski definition) is 2. The maximum Gasteiger partial charge on any atom is 0.272 e. The van der Waals surface area contributed by atoms with E-state index in [1.807, 2.05) is 6.92 Å². The molecule has 0 atom stereocenters. The van der Waals surface area contributed by atoms with Gasteiger partial charge in [-0.2, -0.15) is 0 Å². The number of aryl methyl sites for hydroxylation is 1. The Morgan fingerprint density at radius 1 is 1.22 bits per heavy atom. The standard InChI is InChI=1S/C15H18ClN3O3S/c1-9-5-12(23(21,22)19(3)4)7-13(10(9)2)18-15(20)14-6-11(16)8-17-14/h5-8,17H,1-4H3,(H,18,20). The van der Waals surface area contributed by atoms with E-state index in [1.54, 1.807) is 13.0 Å². The number of nitrogens with zero attached hydrogens (tertiary/aromatic N) is 1. The van der Waals surface area contributed by atoms with Gasteiger partial charge in [0.05, 0.1) is 9.92 Å². The van der Waals surface area contributed by atoms with Gasteiger partial charge in [-0.15, -0.1) is 0 Å². The minimum absolute atomic E-state index is 0.130. The van der Waals surface area contributed by atoms with E-state index >= 15 is 0 Å². The van der Waals surface area contributed by atoms with Crippen LogP contribution < -0.4 is 5.32 Å². The lowest BCUT2D eigenvalue weighted by molar-refractivity contribution is 0.102. The van der Waals surface area contributed by atoms with E-state index in [0.717, 1.165) is 15.4 Å². The van der Waals surface area contributed by atoms with Crippen molar-refractivity contribution in [2.24, 2.45) is 0 Å². The molecule has 2 rings (SSSR count). The molecule has 8 heteroatoms. The largest absolute Gasteiger partial charge is 0.356 e. The molecule has 1 aromatic heterocycles. The highest BCUT2D eigenvalue weighted by molar-refractivity contribution is 7.89. The van der Waals surface area contributed by atoms with Crippen LogP contribution in [0.1, 0.15) is 21.6 Å². The Hall–Kier alpha value is -1.83. The molecular weight excluding hydrogens is 338 g/mol. The summed E-state index contributed by atoms with van der Waals surface area (Å²) in [5.74, 6) is -0.390. The van der Waals surface area contributed by atoms with Crippen LogP contribution in [0.4, 0.5) is 5.69 Å². The molecule has 0 unspecified atom stereocenters. The van der Waals surface area contributed by atoms with Crippen molar-refractivity contribution in [2.45, 2.75) is 18.7 Å². The van der Waals surface area contributed by atoms with Crippen LogP contribution in [-0.4, -0.2) is 37.7 Å². The summed E-state index contributed by atoms with van der Waals surface area (Å²) in [4.78, 5) is 15.1. The number of H-pyrrole nitrogens is 1. The molecule has 2 N–H and O–H groups in total. The summed E-state index contributed by atoms with van der Waals surface area (Å²) in [6, 6.07) is 4.55. The zero-order chi connectivity index (χ0) is 17.4. The predicted octanol–water partition coefficient (Wildman–Crippen LogP) is 2.79. The van der Waals surface area contributed by atoms with Crippen LogP contribution in [0.2, 0.25) is 5.02 Å². The van der Waals surface area contributed by atoms with Crippen molar-refractivity contribution >= 4 is 33.2 Å². The van der Waals surface area contributed by atoms with Gasteiger partial charge in [0.15, 0.2) is 0 Å². The monoisotopic (exact) mass is 355 g/mol. The number of sulfonamides is 1. The molecule has 0 aliphatic carbocycles. The smallest absolute Gasteiger partial charge is 0.272 e. The van der Waals surface area contributed by atoms with Crippen LogP contribution in [-0.2, 0) is 10.0 Å². The number of carbonyl (C=O) groups excluding carboxylic acids is 1. The van der Waals surface area contributed by atoms with E-state index in [-0.39, 0.29) is 10.8 Å². The summed E-state index contributed by atoms with van der Waals surface area (Å²) in [6.07, 6.45) is 1.50. The Morgan fingerprint density at radius 3 is 2.39 bits per heavy atom. The highest BCUT2D eigenvalue weighted by Gasteiger charge is 2.20. The molecule has 1 aromatic carbocycles. The van der Waals surface area contributed by atoms with Crippen molar-refractivity contribution in [3.8, 4) is 0 Å². The average Bonchev–Trinajstić information content (AvgIpc) is 2.90. The van der Waals surface area contributed by atoms with Crippen LogP contribution >= 0.6 is 11.6 Å². The normalized spacial score (nSPS) is 11.7. The Kier molecular flexibility index (Phi) is 4.84. The van der Waals surface area contributed by atoms with Crippen LogP contribution in [0.3, 0.4) is 0 Å². The third-order valence-electron chi connectivity index (χ3n) is 3.56. The van der Waals surface area contributed by atoms with Crippen molar-refractivity contribution in [1.82, 2.24) is 9.29 Å². The summed E-state index contributed by atoms with van der Waals surface area (Å²) in [6.45, 7) is 3.61. The molecule has 23 heavy (non-hydrogen) atoms. The van der Waals surface area contributed by atoms with E-state index in [1.165, 1.54) is 32.4 Å². The summed E-state index contributed by atoms with van der Waals surface area (Å²) in [5, 5.41) is 3.14. The molecule has 1 amide bonds. The minimum atomic E-state index is -3.58. The number of nitrogens with one attached hydrogen (secondary N) is 2. The lowest BCUT2D eigenvalue weighted by Crippen LogP contribution is -2.23. The Balaban J connectivity index is 2.43. The fourth-order valence-electron chi connectivity index (χ4n) is 2.00. The zero-order valence-electron chi connectivity index (χ0n) is 13.3. The zero-order valence-corrected chi connectivity index (χ0v) is 14.8. The number of aromatic nitrogens is 1. The van der Waals surface area contributed by atoms with Crippen LogP contribution in [0.5, 0.6) is 0 Å². The number of hydrogen-bond acceptors (Lipinski definition) is 3. The predicted molar refractivity (Wildman–Crippen MR) is 90.5 cm³/mol. The number of rotatable bonds is 4. The van der Waals surface area contributed by atoms with Gasteiger partial charge < -0.3 is 10.3 Å². The summed E-state index contributed by atoms with van der Waals surface area (Å²) < 4.78 is 25.7. The second-order valence-corrected chi connectivity index (χ2v) is 7.97. The fraction of sp³-hybridized carbons (Fsp3) is 0.267. The van der Waals surface area contributed by atoms with E-state index in [0.29, 0.717) is 16.4 Å². The maximum absolute atomic E-state index is 12.3. The topological polar surface area (TPSA) is 82.3 Å². The number of halogens is 1. The van der Waals surface area contributed by atoms with Crippen LogP contribution in [0.25, 0.3) is 0 Å². The van der Waals surface area contributed by atoms with Gasteiger partial charge in [-0.3, -0.25) is 4.79 Å². The maximum atomic E-state index is 12.3.